The summed E-state index contributed by atoms with van der Waals surface area (Å²) in [5.41, 5.74) is 4.47. The maximum Gasteiger partial charge on any atom is 0.331 e. The smallest absolute Gasteiger partial charge is 0.331 e. The molecule has 0 aliphatic heterocycles. The number of fused-ring (bicyclic) bond motifs is 1. The highest BCUT2D eigenvalue weighted by molar-refractivity contribution is 5.87. The molecule has 6 saturated carbocycles. The number of ether oxygens (including phenoxy) is 3. The van der Waals surface area contributed by atoms with E-state index in [9.17, 15) is 4.79 Å². The highest BCUT2D eigenvalue weighted by atomic mass is 16.5. The minimum absolute atomic E-state index is 0.00636. The Hall–Kier alpha value is -2.23. The fourth-order valence-corrected chi connectivity index (χ4v) is 14.0. The molecule has 10 atom stereocenters. The van der Waals surface area contributed by atoms with Crippen LogP contribution in [0.4, 0.5) is 0 Å². The summed E-state index contributed by atoms with van der Waals surface area (Å²) in [5, 5.41) is 0. The van der Waals surface area contributed by atoms with Crippen molar-refractivity contribution in [2.75, 3.05) is 14.2 Å². The molecule has 4 nitrogen and oxygen atoms in total. The summed E-state index contributed by atoms with van der Waals surface area (Å²) in [6.07, 6.45) is 20.8. The van der Waals surface area contributed by atoms with Crippen LogP contribution in [0.5, 0.6) is 11.5 Å². The maximum absolute atomic E-state index is 13.2. The quantitative estimate of drug-likeness (QED) is 0.166. The number of benzene rings is 1. The van der Waals surface area contributed by atoms with E-state index in [1.165, 1.54) is 69.8 Å². The van der Waals surface area contributed by atoms with Gasteiger partial charge in [-0.05, 0) is 159 Å². The predicted molar refractivity (Wildman–Crippen MR) is 181 cm³/mol. The molecule has 1 aromatic rings. The van der Waals surface area contributed by atoms with Crippen molar-refractivity contribution < 1.29 is 19.0 Å². The SMILES string of the molecule is COc1ccc(/C=C/C(=O)OC2CCC34CC35CCC36C(C)C(CCC=C(C)C)C3CCC6(C)C5CCC4C2(C)C)cc1OC. The lowest BCUT2D eigenvalue weighted by atomic mass is 9.33. The number of hydrogen-bond donors (Lipinski definition) is 0. The fourth-order valence-electron chi connectivity index (χ4n) is 14.0. The number of allylic oxidation sites excluding steroid dienone is 2. The average molecular weight is 615 g/mol. The van der Waals surface area contributed by atoms with Crippen LogP contribution < -0.4 is 9.47 Å². The first-order chi connectivity index (χ1) is 21.4. The van der Waals surface area contributed by atoms with E-state index in [0.29, 0.717) is 39.1 Å². The fraction of sp³-hybridized carbons (Fsp3) is 0.732. The van der Waals surface area contributed by atoms with Gasteiger partial charge in [-0.15, -0.1) is 0 Å². The van der Waals surface area contributed by atoms with Crippen LogP contribution in [0, 0.1) is 56.7 Å². The van der Waals surface area contributed by atoms with Crippen LogP contribution >= 0.6 is 0 Å². The van der Waals surface area contributed by atoms with Crippen molar-refractivity contribution >= 4 is 12.0 Å². The molecule has 7 rings (SSSR count). The zero-order valence-corrected chi connectivity index (χ0v) is 29.3. The molecule has 0 N–H and O–H groups in total. The topological polar surface area (TPSA) is 44.8 Å². The largest absolute Gasteiger partial charge is 0.493 e. The van der Waals surface area contributed by atoms with E-state index in [1.54, 1.807) is 20.3 Å². The maximum atomic E-state index is 13.2. The molecule has 0 radical (unpaired) electrons. The molecule has 6 aliphatic rings. The lowest BCUT2D eigenvalue weighted by Gasteiger charge is -2.71. The predicted octanol–water partition coefficient (Wildman–Crippen LogP) is 10.1. The van der Waals surface area contributed by atoms with Gasteiger partial charge in [0.05, 0.1) is 14.2 Å². The van der Waals surface area contributed by atoms with Gasteiger partial charge in [0.25, 0.3) is 0 Å². The van der Waals surface area contributed by atoms with E-state index in [1.807, 2.05) is 24.3 Å². The number of carbonyl (C=O) groups is 1. The number of rotatable bonds is 8. The van der Waals surface area contributed by atoms with Gasteiger partial charge < -0.3 is 14.2 Å². The van der Waals surface area contributed by atoms with Crippen LogP contribution in [-0.4, -0.2) is 26.3 Å². The molecular weight excluding hydrogens is 556 g/mol. The molecule has 10 unspecified atom stereocenters. The number of hydrogen-bond acceptors (Lipinski definition) is 4. The van der Waals surface area contributed by atoms with Gasteiger partial charge in [-0.3, -0.25) is 0 Å². The summed E-state index contributed by atoms with van der Waals surface area (Å²) in [7, 11) is 3.26. The third-order valence-corrected chi connectivity index (χ3v) is 15.7. The summed E-state index contributed by atoms with van der Waals surface area (Å²) in [4.78, 5) is 13.2. The highest BCUT2D eigenvalue weighted by Crippen LogP contribution is 2.91. The van der Waals surface area contributed by atoms with E-state index in [4.69, 9.17) is 14.2 Å². The Balaban J connectivity index is 1.05. The van der Waals surface area contributed by atoms with Gasteiger partial charge in [-0.1, -0.05) is 45.4 Å². The second-order valence-electron chi connectivity index (χ2n) is 17.3. The molecule has 246 valence electrons. The van der Waals surface area contributed by atoms with Gasteiger partial charge in [-0.25, -0.2) is 4.79 Å². The molecule has 0 amide bonds. The van der Waals surface area contributed by atoms with Crippen LogP contribution in [0.15, 0.2) is 35.9 Å². The van der Waals surface area contributed by atoms with Gasteiger partial charge >= 0.3 is 5.97 Å². The van der Waals surface area contributed by atoms with Crippen molar-refractivity contribution in [3.63, 3.8) is 0 Å². The lowest BCUT2D eigenvalue weighted by Crippen LogP contribution is -2.65. The summed E-state index contributed by atoms with van der Waals surface area (Å²) in [6.45, 7) is 14.8. The Labute approximate surface area is 272 Å². The Kier molecular flexibility index (Phi) is 7.42. The number of esters is 1. The molecule has 6 aliphatic carbocycles. The first-order valence-electron chi connectivity index (χ1n) is 18.1. The molecule has 4 heteroatoms. The van der Waals surface area contributed by atoms with E-state index in [0.717, 1.165) is 35.7 Å². The summed E-state index contributed by atoms with van der Waals surface area (Å²) < 4.78 is 17.1. The molecular formula is C41H58O4. The highest BCUT2D eigenvalue weighted by Gasteiger charge is 2.85. The third-order valence-electron chi connectivity index (χ3n) is 15.7. The van der Waals surface area contributed by atoms with Crippen LogP contribution in [0.3, 0.4) is 0 Å². The van der Waals surface area contributed by atoms with Gasteiger partial charge in [0.2, 0.25) is 0 Å². The average Bonchev–Trinajstić information content (AvgIpc) is 3.59. The molecule has 0 heterocycles. The Morgan fingerprint density at radius 3 is 2.38 bits per heavy atom. The third kappa shape index (κ3) is 4.18. The van der Waals surface area contributed by atoms with Crippen molar-refractivity contribution in [2.24, 2.45) is 56.7 Å². The molecule has 6 fully saturated rings. The van der Waals surface area contributed by atoms with Crippen LogP contribution in [0.25, 0.3) is 6.08 Å². The Morgan fingerprint density at radius 2 is 1.64 bits per heavy atom. The zero-order chi connectivity index (χ0) is 32.0. The molecule has 3 spiro atoms. The van der Waals surface area contributed by atoms with E-state index in [2.05, 4.69) is 47.6 Å². The van der Waals surface area contributed by atoms with Crippen LogP contribution in [-0.2, 0) is 9.53 Å². The van der Waals surface area contributed by atoms with Crippen molar-refractivity contribution in [2.45, 2.75) is 118 Å². The van der Waals surface area contributed by atoms with Gasteiger partial charge in [0, 0.05) is 11.5 Å². The summed E-state index contributed by atoms with van der Waals surface area (Å²) in [5.74, 6) is 5.41. The number of methoxy groups -OCH3 is 2. The van der Waals surface area contributed by atoms with Crippen molar-refractivity contribution in [3.05, 3.63) is 41.5 Å². The minimum atomic E-state index is -0.236. The normalized spacial score (nSPS) is 43.5. The second-order valence-corrected chi connectivity index (χ2v) is 17.3. The summed E-state index contributed by atoms with van der Waals surface area (Å²) in [6, 6.07) is 5.68. The van der Waals surface area contributed by atoms with Crippen LogP contribution in [0.2, 0.25) is 0 Å². The number of carbonyl (C=O) groups excluding carboxylic acids is 1. The molecule has 45 heavy (non-hydrogen) atoms. The first kappa shape index (κ1) is 31.4. The van der Waals surface area contributed by atoms with Gasteiger partial charge in [0.15, 0.2) is 11.5 Å². The first-order valence-corrected chi connectivity index (χ1v) is 18.1. The Morgan fingerprint density at radius 1 is 0.911 bits per heavy atom. The van der Waals surface area contributed by atoms with E-state index >= 15 is 0 Å². The molecule has 0 aromatic heterocycles. The lowest BCUT2D eigenvalue weighted by molar-refractivity contribution is -0.235. The standard InChI is InChI=1S/C41H58O4/c1-26(2)10-9-11-29-27(3)41-23-22-40-25-39(40)21-19-35(45-36(42)17-13-28-12-14-31(43-7)32(24-28)44-8)37(4,5)33(39)15-16-34(40)38(41,6)20-18-30(29)41/h10,12-14,17,24,27,29-30,33-35H,9,11,15-16,18-23,25H2,1-8H3/b17-13+. The van der Waals surface area contributed by atoms with Crippen LogP contribution in [0.1, 0.15) is 118 Å². The van der Waals surface area contributed by atoms with Gasteiger partial charge in [0.1, 0.15) is 6.10 Å². The summed E-state index contributed by atoms with van der Waals surface area (Å²) >= 11 is 0. The second kappa shape index (κ2) is 10.6. The van der Waals surface area contributed by atoms with Crippen molar-refractivity contribution in [1.29, 1.82) is 0 Å². The minimum Gasteiger partial charge on any atom is -0.493 e. The van der Waals surface area contributed by atoms with E-state index < -0.39 is 0 Å². The molecule has 0 saturated heterocycles. The van der Waals surface area contributed by atoms with Gasteiger partial charge in [-0.2, -0.15) is 0 Å². The monoisotopic (exact) mass is 614 g/mol. The van der Waals surface area contributed by atoms with Crippen molar-refractivity contribution in [3.8, 4) is 11.5 Å². The molecule has 1 aromatic carbocycles. The zero-order valence-electron chi connectivity index (χ0n) is 29.3. The Bertz CT molecular complexity index is 1400. The van der Waals surface area contributed by atoms with E-state index in [-0.39, 0.29) is 17.5 Å². The van der Waals surface area contributed by atoms with Crippen molar-refractivity contribution in [1.82, 2.24) is 0 Å². The molecule has 0 bridgehead atoms.